The van der Waals surface area contributed by atoms with E-state index in [4.69, 9.17) is 5.73 Å². The fourth-order valence-corrected chi connectivity index (χ4v) is 2.25. The molecule has 0 bridgehead atoms. The maximum atomic E-state index is 13.0. The van der Waals surface area contributed by atoms with Crippen LogP contribution in [0.15, 0.2) is 46.9 Å². The van der Waals surface area contributed by atoms with Crippen LogP contribution in [0, 0.1) is 5.82 Å². The predicted octanol–water partition coefficient (Wildman–Crippen LogP) is 3.83. The molecule has 0 aliphatic carbocycles. The lowest BCUT2D eigenvalue weighted by atomic mass is 10.1. The highest BCUT2D eigenvalue weighted by Crippen LogP contribution is 2.24. The van der Waals surface area contributed by atoms with Crippen LogP contribution in [-0.4, -0.2) is 6.54 Å². The van der Waals surface area contributed by atoms with Crippen molar-refractivity contribution in [1.29, 1.82) is 0 Å². The summed E-state index contributed by atoms with van der Waals surface area (Å²) in [6, 6.07) is 12.3. The highest BCUT2D eigenvalue weighted by Gasteiger charge is 2.00. The van der Waals surface area contributed by atoms with Crippen LogP contribution in [0.4, 0.5) is 15.8 Å². The van der Waals surface area contributed by atoms with E-state index in [9.17, 15) is 4.39 Å². The largest absolute Gasteiger partial charge is 0.399 e. The van der Waals surface area contributed by atoms with Crippen LogP contribution in [-0.2, 0) is 6.42 Å². The van der Waals surface area contributed by atoms with Crippen LogP contribution < -0.4 is 11.1 Å². The van der Waals surface area contributed by atoms with Crippen LogP contribution in [0.25, 0.3) is 0 Å². The van der Waals surface area contributed by atoms with Gasteiger partial charge in [-0.05, 0) is 58.2 Å². The Balaban J connectivity index is 1.92. The van der Waals surface area contributed by atoms with Gasteiger partial charge in [0, 0.05) is 22.4 Å². The van der Waals surface area contributed by atoms with Crippen LogP contribution in [0.3, 0.4) is 0 Å². The number of rotatable bonds is 4. The molecule has 0 aliphatic rings. The summed E-state index contributed by atoms with van der Waals surface area (Å²) in [5.41, 5.74) is 8.35. The van der Waals surface area contributed by atoms with Crippen molar-refractivity contribution >= 4 is 27.3 Å². The summed E-state index contributed by atoms with van der Waals surface area (Å²) >= 11 is 3.44. The van der Waals surface area contributed by atoms with Gasteiger partial charge in [0.05, 0.1) is 0 Å². The third kappa shape index (κ3) is 3.47. The number of hydrogen-bond acceptors (Lipinski definition) is 2. The predicted molar refractivity (Wildman–Crippen MR) is 77.1 cm³/mol. The Bertz CT molecular complexity index is 543. The third-order valence-corrected chi connectivity index (χ3v) is 3.27. The minimum Gasteiger partial charge on any atom is -0.399 e. The van der Waals surface area contributed by atoms with Crippen molar-refractivity contribution < 1.29 is 4.39 Å². The molecule has 4 heteroatoms. The summed E-state index contributed by atoms with van der Waals surface area (Å²) in [7, 11) is 0. The van der Waals surface area contributed by atoms with E-state index in [1.807, 2.05) is 24.3 Å². The number of nitrogens with two attached hydrogens (primary N) is 1. The van der Waals surface area contributed by atoms with E-state index in [-0.39, 0.29) is 5.82 Å². The number of benzene rings is 2. The number of nitrogens with one attached hydrogen (secondary N) is 1. The fraction of sp³-hybridized carbons (Fsp3) is 0.143. The van der Waals surface area contributed by atoms with E-state index in [1.54, 1.807) is 12.1 Å². The molecule has 2 aromatic rings. The van der Waals surface area contributed by atoms with Crippen molar-refractivity contribution in [2.75, 3.05) is 17.6 Å². The van der Waals surface area contributed by atoms with Crippen molar-refractivity contribution in [3.05, 3.63) is 58.3 Å². The van der Waals surface area contributed by atoms with Gasteiger partial charge in [-0.1, -0.05) is 12.1 Å². The van der Waals surface area contributed by atoms with E-state index in [2.05, 4.69) is 21.2 Å². The van der Waals surface area contributed by atoms with Gasteiger partial charge >= 0.3 is 0 Å². The zero-order valence-electron chi connectivity index (χ0n) is 9.79. The average Bonchev–Trinajstić information content (AvgIpc) is 2.32. The van der Waals surface area contributed by atoms with Gasteiger partial charge in [-0.15, -0.1) is 0 Å². The zero-order chi connectivity index (χ0) is 13.0. The smallest absolute Gasteiger partial charge is 0.123 e. The monoisotopic (exact) mass is 308 g/mol. The van der Waals surface area contributed by atoms with E-state index >= 15 is 0 Å². The molecule has 2 nitrogen and oxygen atoms in total. The topological polar surface area (TPSA) is 38.0 Å². The summed E-state index contributed by atoms with van der Waals surface area (Å²) in [6.45, 7) is 0.742. The molecule has 0 radical (unpaired) electrons. The summed E-state index contributed by atoms with van der Waals surface area (Å²) in [4.78, 5) is 0. The van der Waals surface area contributed by atoms with E-state index in [0.717, 1.165) is 34.4 Å². The van der Waals surface area contributed by atoms with Crippen molar-refractivity contribution in [3.63, 3.8) is 0 Å². The van der Waals surface area contributed by atoms with Crippen molar-refractivity contribution in [2.24, 2.45) is 0 Å². The first kappa shape index (κ1) is 12.9. The first-order valence-electron chi connectivity index (χ1n) is 5.68. The highest BCUT2D eigenvalue weighted by atomic mass is 79.9. The summed E-state index contributed by atoms with van der Waals surface area (Å²) in [5.74, 6) is -0.193. The van der Waals surface area contributed by atoms with Gasteiger partial charge in [0.15, 0.2) is 0 Å². The minimum atomic E-state index is -0.193. The first-order chi connectivity index (χ1) is 8.65. The molecule has 18 heavy (non-hydrogen) atoms. The Morgan fingerprint density at radius 2 is 2.00 bits per heavy atom. The Morgan fingerprint density at radius 3 is 2.72 bits per heavy atom. The average molecular weight is 309 g/mol. The van der Waals surface area contributed by atoms with Crippen LogP contribution in [0.1, 0.15) is 5.56 Å². The maximum absolute atomic E-state index is 13.0. The molecule has 0 aliphatic heterocycles. The second-order valence-corrected chi connectivity index (χ2v) is 4.90. The number of hydrogen-bond donors (Lipinski definition) is 2. The van der Waals surface area contributed by atoms with Gasteiger partial charge in [-0.25, -0.2) is 4.39 Å². The summed E-state index contributed by atoms with van der Waals surface area (Å²) < 4.78 is 13.9. The van der Waals surface area contributed by atoms with Crippen molar-refractivity contribution in [3.8, 4) is 0 Å². The molecular formula is C14H14BrFN2. The second-order valence-electron chi connectivity index (χ2n) is 4.05. The molecular weight excluding hydrogens is 295 g/mol. The van der Waals surface area contributed by atoms with Gasteiger partial charge in [-0.2, -0.15) is 0 Å². The lowest BCUT2D eigenvalue weighted by molar-refractivity contribution is 0.625. The molecule has 0 aromatic heterocycles. The molecule has 0 saturated carbocycles. The normalized spacial score (nSPS) is 10.3. The van der Waals surface area contributed by atoms with E-state index in [0.29, 0.717) is 0 Å². The van der Waals surface area contributed by atoms with E-state index < -0.39 is 0 Å². The molecule has 0 saturated heterocycles. The van der Waals surface area contributed by atoms with Gasteiger partial charge in [0.1, 0.15) is 5.82 Å². The van der Waals surface area contributed by atoms with E-state index in [1.165, 1.54) is 6.07 Å². The van der Waals surface area contributed by atoms with Gasteiger partial charge < -0.3 is 11.1 Å². The standard InChI is InChI=1S/C14H14BrFN2/c15-13-9-12(17)4-5-14(13)18-7-6-10-2-1-3-11(16)8-10/h1-5,8-9,18H,6-7,17H2. The Hall–Kier alpha value is -1.55. The van der Waals surface area contributed by atoms with Gasteiger partial charge in [-0.3, -0.25) is 0 Å². The lowest BCUT2D eigenvalue weighted by Crippen LogP contribution is -2.05. The molecule has 0 amide bonds. The molecule has 2 rings (SSSR count). The SMILES string of the molecule is Nc1ccc(NCCc2cccc(F)c2)c(Br)c1. The first-order valence-corrected chi connectivity index (χ1v) is 6.48. The van der Waals surface area contributed by atoms with Crippen molar-refractivity contribution in [2.45, 2.75) is 6.42 Å². The summed E-state index contributed by atoms with van der Waals surface area (Å²) in [5, 5.41) is 3.28. The molecule has 0 unspecified atom stereocenters. The molecule has 0 spiro atoms. The van der Waals surface area contributed by atoms with Gasteiger partial charge in [0.2, 0.25) is 0 Å². The Morgan fingerprint density at radius 1 is 1.17 bits per heavy atom. The molecule has 0 fully saturated rings. The van der Waals surface area contributed by atoms with Crippen molar-refractivity contribution in [1.82, 2.24) is 0 Å². The molecule has 2 aromatic carbocycles. The Labute approximate surface area is 114 Å². The molecule has 94 valence electrons. The van der Waals surface area contributed by atoms with Crippen LogP contribution in [0.5, 0.6) is 0 Å². The minimum absolute atomic E-state index is 0.193. The van der Waals surface area contributed by atoms with Gasteiger partial charge in [0.25, 0.3) is 0 Å². The third-order valence-electron chi connectivity index (χ3n) is 2.61. The Kier molecular flexibility index (Phi) is 4.20. The highest BCUT2D eigenvalue weighted by molar-refractivity contribution is 9.10. The lowest BCUT2D eigenvalue weighted by Gasteiger charge is -2.09. The molecule has 0 atom stereocenters. The number of nitrogen functional groups attached to an aromatic ring is 1. The van der Waals surface area contributed by atoms with Crippen LogP contribution in [0.2, 0.25) is 0 Å². The number of anilines is 2. The molecule has 3 N–H and O–H groups in total. The zero-order valence-corrected chi connectivity index (χ0v) is 11.4. The summed E-state index contributed by atoms with van der Waals surface area (Å²) in [6.07, 6.45) is 0.772. The molecule has 0 heterocycles. The second kappa shape index (κ2) is 5.87. The number of halogens is 2. The maximum Gasteiger partial charge on any atom is 0.123 e. The fourth-order valence-electron chi connectivity index (χ4n) is 1.71. The van der Waals surface area contributed by atoms with Crippen LogP contribution >= 0.6 is 15.9 Å². The quantitative estimate of drug-likeness (QED) is 0.843.